The van der Waals surface area contributed by atoms with Crippen LogP contribution in [-0.2, 0) is 10.0 Å². The first kappa shape index (κ1) is 16.4. The Morgan fingerprint density at radius 1 is 1.26 bits per heavy atom. The Labute approximate surface area is 120 Å². The molecule has 0 aliphatic carbocycles. The molecule has 19 heavy (non-hydrogen) atoms. The zero-order valence-electron chi connectivity index (χ0n) is 11.3. The van der Waals surface area contributed by atoms with E-state index in [0.717, 1.165) is 5.56 Å². The Morgan fingerprint density at radius 3 is 2.42 bits per heavy atom. The number of likely N-dealkylation sites (N-methyl/N-ethyl adjacent to an activating group) is 1. The summed E-state index contributed by atoms with van der Waals surface area (Å²) in [7, 11) is 0.629. The van der Waals surface area contributed by atoms with E-state index < -0.39 is 10.0 Å². The molecular formula is C13H21ClN2O2S. The van der Waals surface area contributed by atoms with Gasteiger partial charge in [-0.25, -0.2) is 13.1 Å². The van der Waals surface area contributed by atoms with Gasteiger partial charge in [0.1, 0.15) is 0 Å². The minimum Gasteiger partial charge on any atom is -0.301 e. The van der Waals surface area contributed by atoms with Crippen molar-refractivity contribution < 1.29 is 8.42 Å². The van der Waals surface area contributed by atoms with Gasteiger partial charge >= 0.3 is 0 Å². The third-order valence-electron chi connectivity index (χ3n) is 2.85. The predicted octanol–water partition coefficient (Wildman–Crippen LogP) is 1.84. The van der Waals surface area contributed by atoms with Crippen LogP contribution in [0.3, 0.4) is 0 Å². The third kappa shape index (κ3) is 5.91. The molecule has 0 radical (unpaired) electrons. The maximum atomic E-state index is 11.8. The van der Waals surface area contributed by atoms with Crippen molar-refractivity contribution in [2.75, 3.05) is 32.3 Å². The fourth-order valence-corrected chi connectivity index (χ4v) is 3.17. The van der Waals surface area contributed by atoms with Crippen LogP contribution in [0, 0.1) is 0 Å². The maximum absolute atomic E-state index is 11.8. The van der Waals surface area contributed by atoms with Crippen LogP contribution in [-0.4, -0.2) is 45.6 Å². The van der Waals surface area contributed by atoms with Crippen LogP contribution in [0.5, 0.6) is 0 Å². The lowest BCUT2D eigenvalue weighted by Gasteiger charge is -2.25. The molecule has 0 saturated carbocycles. The quantitative estimate of drug-likeness (QED) is 0.746. The van der Waals surface area contributed by atoms with E-state index in [1.807, 2.05) is 49.3 Å². The summed E-state index contributed by atoms with van der Waals surface area (Å²) in [5.74, 6) is 0.433. The number of sulfonamides is 1. The Balaban J connectivity index is 2.66. The van der Waals surface area contributed by atoms with Gasteiger partial charge in [-0.05, 0) is 26.1 Å². The number of rotatable bonds is 8. The minimum atomic E-state index is -3.24. The zero-order chi connectivity index (χ0) is 14.3. The van der Waals surface area contributed by atoms with Crippen molar-refractivity contribution in [3.8, 4) is 0 Å². The van der Waals surface area contributed by atoms with E-state index in [0.29, 0.717) is 18.8 Å². The van der Waals surface area contributed by atoms with Crippen molar-refractivity contribution in [1.29, 1.82) is 0 Å². The predicted molar refractivity (Wildman–Crippen MR) is 80.0 cm³/mol. The normalized spacial score (nSPS) is 13.7. The van der Waals surface area contributed by atoms with Gasteiger partial charge in [0.25, 0.3) is 0 Å². The van der Waals surface area contributed by atoms with Crippen LogP contribution in [0.1, 0.15) is 18.0 Å². The number of nitrogens with one attached hydrogen (secondary N) is 1. The largest absolute Gasteiger partial charge is 0.301 e. The van der Waals surface area contributed by atoms with E-state index in [1.165, 1.54) is 0 Å². The molecule has 0 heterocycles. The molecule has 0 saturated heterocycles. The van der Waals surface area contributed by atoms with Gasteiger partial charge in [0.05, 0.1) is 5.75 Å². The lowest BCUT2D eigenvalue weighted by atomic mass is 10.1. The van der Waals surface area contributed by atoms with Crippen LogP contribution in [0.4, 0.5) is 0 Å². The molecule has 1 aromatic carbocycles. The Bertz CT molecular complexity index is 463. The third-order valence-corrected chi connectivity index (χ3v) is 4.55. The molecule has 0 aliphatic heterocycles. The molecule has 1 atom stereocenters. The van der Waals surface area contributed by atoms with Gasteiger partial charge in [-0.1, -0.05) is 30.3 Å². The highest BCUT2D eigenvalue weighted by atomic mass is 35.5. The monoisotopic (exact) mass is 304 g/mol. The molecule has 0 aromatic heterocycles. The first-order valence-electron chi connectivity index (χ1n) is 6.21. The minimum absolute atomic E-state index is 0.0203. The standard InChI is InChI=1S/C13H21ClN2O2S/c1-16(2)13(12-7-4-3-5-8-12)11-15-19(17,18)10-6-9-14/h3-5,7-8,13,15H,6,9-11H2,1-2H3. The van der Waals surface area contributed by atoms with E-state index in [-0.39, 0.29) is 11.8 Å². The SMILES string of the molecule is CN(C)C(CNS(=O)(=O)CCCCl)c1ccccc1. The van der Waals surface area contributed by atoms with E-state index in [9.17, 15) is 8.42 Å². The lowest BCUT2D eigenvalue weighted by Crippen LogP contribution is -2.35. The van der Waals surface area contributed by atoms with Crippen LogP contribution in [0.15, 0.2) is 30.3 Å². The average molecular weight is 305 g/mol. The summed E-state index contributed by atoms with van der Waals surface area (Å²) in [6.07, 6.45) is 0.467. The Kier molecular flexibility index (Phi) is 6.79. The molecule has 1 unspecified atom stereocenters. The lowest BCUT2D eigenvalue weighted by molar-refractivity contribution is 0.299. The molecule has 1 rings (SSSR count). The van der Waals surface area contributed by atoms with Crippen molar-refractivity contribution in [3.63, 3.8) is 0 Å². The number of hydrogen-bond acceptors (Lipinski definition) is 3. The first-order valence-corrected chi connectivity index (χ1v) is 8.39. The first-order chi connectivity index (χ1) is 8.96. The van der Waals surface area contributed by atoms with Crippen LogP contribution in [0.2, 0.25) is 0 Å². The number of nitrogens with zero attached hydrogens (tertiary/aromatic N) is 1. The zero-order valence-corrected chi connectivity index (χ0v) is 12.9. The Hall–Kier alpha value is -0.620. The van der Waals surface area contributed by atoms with E-state index in [2.05, 4.69) is 4.72 Å². The number of benzene rings is 1. The van der Waals surface area contributed by atoms with E-state index in [1.54, 1.807) is 0 Å². The molecule has 1 aromatic rings. The van der Waals surface area contributed by atoms with Crippen molar-refractivity contribution in [3.05, 3.63) is 35.9 Å². The van der Waals surface area contributed by atoms with Crippen molar-refractivity contribution in [2.24, 2.45) is 0 Å². The van der Waals surface area contributed by atoms with Crippen LogP contribution < -0.4 is 4.72 Å². The summed E-state index contributed by atoms with van der Waals surface area (Å²) in [4.78, 5) is 2.00. The summed E-state index contributed by atoms with van der Waals surface area (Å²) >= 11 is 5.52. The summed E-state index contributed by atoms with van der Waals surface area (Å²) < 4.78 is 26.2. The summed E-state index contributed by atoms with van der Waals surface area (Å²) in [5, 5.41) is 0. The fourth-order valence-electron chi connectivity index (χ4n) is 1.80. The van der Waals surface area contributed by atoms with Gasteiger partial charge in [0.15, 0.2) is 0 Å². The molecule has 108 valence electrons. The molecule has 1 N–H and O–H groups in total. The van der Waals surface area contributed by atoms with Gasteiger partial charge in [-0.2, -0.15) is 0 Å². The van der Waals surface area contributed by atoms with Crippen molar-refractivity contribution in [1.82, 2.24) is 9.62 Å². The summed E-state index contributed by atoms with van der Waals surface area (Å²) in [6.45, 7) is 0.363. The second kappa shape index (κ2) is 7.85. The Morgan fingerprint density at radius 2 is 1.89 bits per heavy atom. The van der Waals surface area contributed by atoms with Gasteiger partial charge in [-0.3, -0.25) is 0 Å². The number of hydrogen-bond donors (Lipinski definition) is 1. The molecule has 0 amide bonds. The average Bonchev–Trinajstić information content (AvgIpc) is 2.37. The highest BCUT2D eigenvalue weighted by Crippen LogP contribution is 2.16. The highest BCUT2D eigenvalue weighted by Gasteiger charge is 2.17. The fraction of sp³-hybridized carbons (Fsp3) is 0.538. The van der Waals surface area contributed by atoms with E-state index >= 15 is 0 Å². The van der Waals surface area contributed by atoms with E-state index in [4.69, 9.17) is 11.6 Å². The van der Waals surface area contributed by atoms with Crippen molar-refractivity contribution >= 4 is 21.6 Å². The molecule has 0 spiro atoms. The summed E-state index contributed by atoms with van der Waals surface area (Å²) in [6, 6.07) is 9.87. The van der Waals surface area contributed by atoms with Crippen LogP contribution >= 0.6 is 11.6 Å². The van der Waals surface area contributed by atoms with Gasteiger partial charge in [0, 0.05) is 18.5 Å². The number of alkyl halides is 1. The van der Waals surface area contributed by atoms with Crippen molar-refractivity contribution in [2.45, 2.75) is 12.5 Å². The second-order valence-electron chi connectivity index (χ2n) is 4.60. The van der Waals surface area contributed by atoms with Gasteiger partial charge < -0.3 is 4.90 Å². The molecule has 6 heteroatoms. The topological polar surface area (TPSA) is 49.4 Å². The molecule has 0 bridgehead atoms. The molecule has 4 nitrogen and oxygen atoms in total. The second-order valence-corrected chi connectivity index (χ2v) is 6.90. The van der Waals surface area contributed by atoms with Gasteiger partial charge in [0.2, 0.25) is 10.0 Å². The molecule has 0 fully saturated rings. The smallest absolute Gasteiger partial charge is 0.211 e. The summed E-state index contributed by atoms with van der Waals surface area (Å²) in [5.41, 5.74) is 1.09. The molecule has 0 aliphatic rings. The maximum Gasteiger partial charge on any atom is 0.211 e. The van der Waals surface area contributed by atoms with Gasteiger partial charge in [-0.15, -0.1) is 11.6 Å². The van der Waals surface area contributed by atoms with Crippen LogP contribution in [0.25, 0.3) is 0 Å². The highest BCUT2D eigenvalue weighted by molar-refractivity contribution is 7.89. The number of halogens is 1. The molecular weight excluding hydrogens is 284 g/mol.